The summed E-state index contributed by atoms with van der Waals surface area (Å²) in [6, 6.07) is 6.23. The third-order valence-electron chi connectivity index (χ3n) is 3.21. The van der Waals surface area contributed by atoms with Gasteiger partial charge < -0.3 is 15.0 Å². The fraction of sp³-hybridized carbons (Fsp3) is 0.357. The number of nitrogens with zero attached hydrogens (tertiary/aromatic N) is 1. The molecule has 1 aromatic carbocycles. The highest BCUT2D eigenvalue weighted by atomic mass is 16.5. The Morgan fingerprint density at radius 3 is 2.60 bits per heavy atom. The van der Waals surface area contributed by atoms with Gasteiger partial charge >= 0.3 is 5.97 Å². The summed E-state index contributed by atoms with van der Waals surface area (Å²) in [6.45, 7) is 0.0939. The van der Waals surface area contributed by atoms with E-state index in [4.69, 9.17) is 0 Å². The van der Waals surface area contributed by atoms with E-state index in [1.807, 2.05) is 0 Å². The summed E-state index contributed by atoms with van der Waals surface area (Å²) in [4.78, 5) is 36.1. The van der Waals surface area contributed by atoms with Crippen LogP contribution in [0.5, 0.6) is 0 Å². The van der Waals surface area contributed by atoms with E-state index >= 15 is 0 Å². The molecule has 1 unspecified atom stereocenters. The van der Waals surface area contributed by atoms with Gasteiger partial charge in [0, 0.05) is 13.5 Å². The topological polar surface area (TPSA) is 75.7 Å². The van der Waals surface area contributed by atoms with Gasteiger partial charge in [0.1, 0.15) is 6.04 Å². The minimum Gasteiger partial charge on any atom is -0.465 e. The highest BCUT2D eigenvalue weighted by molar-refractivity contribution is 5.94. The summed E-state index contributed by atoms with van der Waals surface area (Å²) in [7, 11) is 2.93. The Bertz CT molecular complexity index is 539. The second kappa shape index (κ2) is 5.73. The fourth-order valence-electron chi connectivity index (χ4n) is 2.13. The molecule has 6 nitrogen and oxygen atoms in total. The molecule has 1 aromatic rings. The first-order chi connectivity index (χ1) is 9.51. The zero-order valence-corrected chi connectivity index (χ0v) is 11.4. The lowest BCUT2D eigenvalue weighted by Crippen LogP contribution is -2.57. The Labute approximate surface area is 116 Å². The standard InChI is InChI=1S/C14H16N2O4/c1-16-8-12(17)15-11(13(16)18)7-9-3-5-10(6-4-9)14(19)20-2/h3-6,11H,7-8H2,1-2H3,(H,15,17). The number of hydrogen-bond donors (Lipinski definition) is 1. The zero-order valence-electron chi connectivity index (χ0n) is 11.4. The van der Waals surface area contributed by atoms with Crippen LogP contribution in [-0.2, 0) is 20.7 Å². The Morgan fingerprint density at radius 2 is 2.00 bits per heavy atom. The predicted molar refractivity (Wildman–Crippen MR) is 71.1 cm³/mol. The third kappa shape index (κ3) is 2.96. The van der Waals surface area contributed by atoms with Crippen molar-refractivity contribution in [3.63, 3.8) is 0 Å². The van der Waals surface area contributed by atoms with Crippen LogP contribution in [0.1, 0.15) is 15.9 Å². The fourth-order valence-corrected chi connectivity index (χ4v) is 2.13. The number of nitrogens with one attached hydrogen (secondary N) is 1. The van der Waals surface area contributed by atoms with Crippen molar-refractivity contribution >= 4 is 17.8 Å². The van der Waals surface area contributed by atoms with Crippen LogP contribution in [0.3, 0.4) is 0 Å². The number of carbonyl (C=O) groups is 3. The molecule has 20 heavy (non-hydrogen) atoms. The number of hydrogen-bond acceptors (Lipinski definition) is 4. The number of ether oxygens (including phenoxy) is 1. The monoisotopic (exact) mass is 276 g/mol. The number of amides is 2. The van der Waals surface area contributed by atoms with Crippen molar-refractivity contribution in [3.8, 4) is 0 Å². The van der Waals surface area contributed by atoms with Crippen LogP contribution in [0.2, 0.25) is 0 Å². The van der Waals surface area contributed by atoms with Crippen molar-refractivity contribution in [1.29, 1.82) is 0 Å². The maximum Gasteiger partial charge on any atom is 0.337 e. The van der Waals surface area contributed by atoms with Crippen LogP contribution in [0.4, 0.5) is 0 Å². The van der Waals surface area contributed by atoms with E-state index in [0.717, 1.165) is 5.56 Å². The number of likely N-dealkylation sites (N-methyl/N-ethyl adjacent to an activating group) is 1. The minimum absolute atomic E-state index is 0.0939. The number of piperazine rings is 1. The molecule has 0 bridgehead atoms. The van der Waals surface area contributed by atoms with Crippen LogP contribution < -0.4 is 5.32 Å². The van der Waals surface area contributed by atoms with E-state index in [2.05, 4.69) is 10.1 Å². The molecule has 2 amide bonds. The van der Waals surface area contributed by atoms with Crippen molar-refractivity contribution < 1.29 is 19.1 Å². The molecule has 0 aliphatic carbocycles. The normalized spacial score (nSPS) is 18.7. The molecule has 106 valence electrons. The zero-order chi connectivity index (χ0) is 14.7. The van der Waals surface area contributed by atoms with Crippen LogP contribution in [-0.4, -0.2) is 49.4 Å². The number of rotatable bonds is 3. The summed E-state index contributed by atoms with van der Waals surface area (Å²) in [5.41, 5.74) is 1.32. The Morgan fingerprint density at radius 1 is 1.35 bits per heavy atom. The van der Waals surface area contributed by atoms with E-state index in [1.165, 1.54) is 12.0 Å². The third-order valence-corrected chi connectivity index (χ3v) is 3.21. The average Bonchev–Trinajstić information content (AvgIpc) is 2.44. The van der Waals surface area contributed by atoms with Crippen LogP contribution in [0.25, 0.3) is 0 Å². The lowest BCUT2D eigenvalue weighted by atomic mass is 10.0. The molecular formula is C14H16N2O4. The van der Waals surface area contributed by atoms with E-state index < -0.39 is 12.0 Å². The first kappa shape index (κ1) is 14.0. The summed E-state index contributed by atoms with van der Waals surface area (Å²) < 4.78 is 4.61. The van der Waals surface area contributed by atoms with Gasteiger partial charge in [0.15, 0.2) is 0 Å². The molecule has 1 N–H and O–H groups in total. The molecule has 1 atom stereocenters. The number of carbonyl (C=O) groups excluding carboxylic acids is 3. The first-order valence-corrected chi connectivity index (χ1v) is 6.23. The quantitative estimate of drug-likeness (QED) is 0.787. The Kier molecular flexibility index (Phi) is 4.02. The van der Waals surface area contributed by atoms with Gasteiger partial charge in [-0.3, -0.25) is 9.59 Å². The molecule has 6 heteroatoms. The van der Waals surface area contributed by atoms with Gasteiger partial charge in [-0.25, -0.2) is 4.79 Å². The predicted octanol–water partition coefficient (Wildman–Crippen LogP) is -0.0275. The second-order valence-electron chi connectivity index (χ2n) is 4.71. The molecule has 0 radical (unpaired) electrons. The van der Waals surface area contributed by atoms with E-state index in [-0.39, 0.29) is 18.4 Å². The second-order valence-corrected chi connectivity index (χ2v) is 4.71. The van der Waals surface area contributed by atoms with Gasteiger partial charge in [-0.1, -0.05) is 12.1 Å². The average molecular weight is 276 g/mol. The van der Waals surface area contributed by atoms with Gasteiger partial charge in [0.25, 0.3) is 0 Å². The van der Waals surface area contributed by atoms with E-state index in [0.29, 0.717) is 12.0 Å². The molecule has 1 fully saturated rings. The first-order valence-electron chi connectivity index (χ1n) is 6.23. The Hall–Kier alpha value is -2.37. The Balaban J connectivity index is 2.07. The molecule has 0 saturated carbocycles. The van der Waals surface area contributed by atoms with Crippen molar-refractivity contribution in [2.75, 3.05) is 20.7 Å². The SMILES string of the molecule is COC(=O)c1ccc(CC2NC(=O)CN(C)C2=O)cc1. The molecule has 1 aliphatic rings. The molecule has 2 rings (SSSR count). The van der Waals surface area contributed by atoms with Gasteiger partial charge in [-0.15, -0.1) is 0 Å². The molecule has 1 heterocycles. The molecule has 0 aromatic heterocycles. The largest absolute Gasteiger partial charge is 0.465 e. The van der Waals surface area contributed by atoms with Gasteiger partial charge in [0.2, 0.25) is 11.8 Å². The summed E-state index contributed by atoms with van der Waals surface area (Å²) in [5.74, 6) is -0.678. The smallest absolute Gasteiger partial charge is 0.337 e. The van der Waals surface area contributed by atoms with Gasteiger partial charge in [0.05, 0.1) is 19.2 Å². The maximum absolute atomic E-state index is 11.9. The van der Waals surface area contributed by atoms with Crippen molar-refractivity contribution in [1.82, 2.24) is 10.2 Å². The van der Waals surface area contributed by atoms with Crippen LogP contribution in [0.15, 0.2) is 24.3 Å². The summed E-state index contributed by atoms with van der Waals surface area (Å²) in [6.07, 6.45) is 0.399. The lowest BCUT2D eigenvalue weighted by Gasteiger charge is -2.29. The van der Waals surface area contributed by atoms with Gasteiger partial charge in [-0.2, -0.15) is 0 Å². The van der Waals surface area contributed by atoms with Crippen LogP contribution in [0, 0.1) is 0 Å². The van der Waals surface area contributed by atoms with Gasteiger partial charge in [-0.05, 0) is 17.7 Å². The summed E-state index contributed by atoms with van der Waals surface area (Å²) in [5, 5.41) is 2.67. The lowest BCUT2D eigenvalue weighted by molar-refractivity contribution is -0.142. The van der Waals surface area contributed by atoms with E-state index in [9.17, 15) is 14.4 Å². The molecular weight excluding hydrogens is 260 g/mol. The summed E-state index contributed by atoms with van der Waals surface area (Å²) >= 11 is 0. The maximum atomic E-state index is 11.9. The number of benzene rings is 1. The molecule has 1 saturated heterocycles. The van der Waals surface area contributed by atoms with Crippen molar-refractivity contribution in [2.24, 2.45) is 0 Å². The van der Waals surface area contributed by atoms with Crippen molar-refractivity contribution in [3.05, 3.63) is 35.4 Å². The highest BCUT2D eigenvalue weighted by Crippen LogP contribution is 2.11. The van der Waals surface area contributed by atoms with Crippen LogP contribution >= 0.6 is 0 Å². The molecule has 1 aliphatic heterocycles. The number of methoxy groups -OCH3 is 1. The highest BCUT2D eigenvalue weighted by Gasteiger charge is 2.30. The van der Waals surface area contributed by atoms with E-state index in [1.54, 1.807) is 31.3 Å². The minimum atomic E-state index is -0.551. The molecule has 0 spiro atoms. The number of esters is 1. The van der Waals surface area contributed by atoms with Crippen molar-refractivity contribution in [2.45, 2.75) is 12.5 Å².